The largest absolute Gasteiger partial charge is 0.371 e. The lowest BCUT2D eigenvalue weighted by Crippen LogP contribution is -2.50. The number of piperidine rings is 1. The van der Waals surface area contributed by atoms with Gasteiger partial charge >= 0.3 is 0 Å². The minimum atomic E-state index is -3.67. The molecule has 1 aliphatic heterocycles. The third kappa shape index (κ3) is 7.02. The van der Waals surface area contributed by atoms with Gasteiger partial charge in [0.2, 0.25) is 11.8 Å². The van der Waals surface area contributed by atoms with Gasteiger partial charge in [-0.25, -0.2) is 8.42 Å². The number of halogens is 1. The molecule has 0 bridgehead atoms. The molecule has 1 N–H and O–H groups in total. The number of hydrogen-bond donors (Lipinski definition) is 1. The number of carbonyl (C=O) groups excluding carboxylic acids is 2. The zero-order valence-electron chi connectivity index (χ0n) is 21.7. The van der Waals surface area contributed by atoms with Gasteiger partial charge in [-0.05, 0) is 66.9 Å². The van der Waals surface area contributed by atoms with Gasteiger partial charge in [-0.1, -0.05) is 23.7 Å². The van der Waals surface area contributed by atoms with E-state index in [1.54, 1.807) is 47.5 Å². The van der Waals surface area contributed by atoms with Gasteiger partial charge in [-0.2, -0.15) is 0 Å². The summed E-state index contributed by atoms with van der Waals surface area (Å²) in [5, 5.41) is 4.96. The number of nitrogens with zero attached hydrogens (tertiary/aromatic N) is 3. The second kappa shape index (κ2) is 12.1. The molecule has 1 fully saturated rings. The molecular weight excluding hydrogens is 524 g/mol. The molecule has 0 atom stereocenters. The zero-order chi connectivity index (χ0) is 27.3. The highest BCUT2D eigenvalue weighted by Gasteiger charge is 2.29. The molecule has 0 saturated carbocycles. The number of hydrogen-bond acceptors (Lipinski definition) is 6. The second-order valence-corrected chi connectivity index (χ2v) is 12.2. The lowest BCUT2D eigenvalue weighted by Gasteiger charge is -2.39. The van der Waals surface area contributed by atoms with E-state index in [-0.39, 0.29) is 34.9 Å². The van der Waals surface area contributed by atoms with Crippen molar-refractivity contribution < 1.29 is 18.0 Å². The van der Waals surface area contributed by atoms with E-state index in [9.17, 15) is 18.0 Å². The molecule has 8 nitrogen and oxygen atoms in total. The smallest absolute Gasteiger partial charge is 0.223 e. The first-order valence-electron chi connectivity index (χ1n) is 12.8. The number of rotatable bonds is 9. The Balaban J connectivity index is 1.42. The van der Waals surface area contributed by atoms with Gasteiger partial charge in [0, 0.05) is 68.2 Å². The summed E-state index contributed by atoms with van der Waals surface area (Å²) < 4.78 is 26.2. The molecule has 3 aromatic rings. The Kier molecular flexibility index (Phi) is 8.89. The predicted octanol–water partition coefficient (Wildman–Crippen LogP) is 3.99. The summed E-state index contributed by atoms with van der Waals surface area (Å²) in [6.45, 7) is 5.61. The standard InChI is InChI=1S/C28H33ClN4O4S/c1-20-17-26(7-11-30-20)32-13-8-25(9-14-32)33(15-12-31-21(2)34)28(35)10-16-38(36,37)27-6-4-22-18-24(29)5-3-23(22)19-27/h3-7,11,17-19,25H,8-10,12-16H2,1-2H3,(H,31,34). The van der Waals surface area contributed by atoms with Crippen LogP contribution in [0.4, 0.5) is 5.69 Å². The molecular formula is C28H33ClN4O4S. The van der Waals surface area contributed by atoms with Crippen LogP contribution in [0.5, 0.6) is 0 Å². The average molecular weight is 557 g/mol. The molecule has 2 heterocycles. The number of aromatic nitrogens is 1. The van der Waals surface area contributed by atoms with Gasteiger partial charge in [0.15, 0.2) is 9.84 Å². The third-order valence-corrected chi connectivity index (χ3v) is 8.86. The number of amides is 2. The number of benzene rings is 2. The van der Waals surface area contributed by atoms with Crippen LogP contribution in [0.3, 0.4) is 0 Å². The van der Waals surface area contributed by atoms with Crippen LogP contribution in [0.1, 0.15) is 31.9 Å². The van der Waals surface area contributed by atoms with Crippen LogP contribution in [-0.2, 0) is 19.4 Å². The molecule has 0 spiro atoms. The summed E-state index contributed by atoms with van der Waals surface area (Å²) >= 11 is 6.04. The Morgan fingerprint density at radius 3 is 2.50 bits per heavy atom. The Morgan fingerprint density at radius 1 is 1.08 bits per heavy atom. The summed E-state index contributed by atoms with van der Waals surface area (Å²) in [5.74, 6) is -0.665. The van der Waals surface area contributed by atoms with Gasteiger partial charge in [-0.15, -0.1) is 0 Å². The van der Waals surface area contributed by atoms with Crippen molar-refractivity contribution in [3.05, 3.63) is 65.4 Å². The van der Waals surface area contributed by atoms with Gasteiger partial charge in [0.1, 0.15) is 0 Å². The molecule has 0 aliphatic carbocycles. The van der Waals surface area contributed by atoms with Crippen molar-refractivity contribution in [1.82, 2.24) is 15.2 Å². The number of fused-ring (bicyclic) bond motifs is 1. The second-order valence-electron chi connectivity index (χ2n) is 9.67. The molecule has 0 unspecified atom stereocenters. The fourth-order valence-electron chi connectivity index (χ4n) is 4.90. The summed E-state index contributed by atoms with van der Waals surface area (Å²) in [4.78, 5) is 33.2. The van der Waals surface area contributed by atoms with Crippen LogP contribution in [0.2, 0.25) is 5.02 Å². The molecule has 2 aromatic carbocycles. The van der Waals surface area contributed by atoms with Crippen molar-refractivity contribution >= 4 is 49.7 Å². The zero-order valence-corrected chi connectivity index (χ0v) is 23.3. The molecule has 1 aliphatic rings. The van der Waals surface area contributed by atoms with E-state index in [4.69, 9.17) is 11.6 Å². The number of nitrogens with one attached hydrogen (secondary N) is 1. The molecule has 2 amide bonds. The maximum Gasteiger partial charge on any atom is 0.223 e. The number of aryl methyl sites for hydroxylation is 1. The van der Waals surface area contributed by atoms with Crippen LogP contribution >= 0.6 is 11.6 Å². The van der Waals surface area contributed by atoms with E-state index in [1.165, 1.54) is 6.92 Å². The van der Waals surface area contributed by atoms with Crippen molar-refractivity contribution in [2.24, 2.45) is 0 Å². The van der Waals surface area contributed by atoms with Gasteiger partial charge in [0.05, 0.1) is 10.6 Å². The Morgan fingerprint density at radius 2 is 1.79 bits per heavy atom. The van der Waals surface area contributed by atoms with Gasteiger partial charge in [0.25, 0.3) is 0 Å². The summed E-state index contributed by atoms with van der Waals surface area (Å²) in [6.07, 6.45) is 3.19. The summed E-state index contributed by atoms with van der Waals surface area (Å²) in [5.41, 5.74) is 2.06. The van der Waals surface area contributed by atoms with Gasteiger partial charge < -0.3 is 15.1 Å². The first-order valence-corrected chi connectivity index (χ1v) is 14.8. The van der Waals surface area contributed by atoms with Gasteiger partial charge in [-0.3, -0.25) is 14.6 Å². The fourth-order valence-corrected chi connectivity index (χ4v) is 6.34. The van der Waals surface area contributed by atoms with Crippen LogP contribution in [0.25, 0.3) is 10.8 Å². The Labute approximate surface area is 228 Å². The molecule has 202 valence electrons. The van der Waals surface area contributed by atoms with E-state index in [1.807, 2.05) is 19.1 Å². The Hall–Kier alpha value is -3.17. The SMILES string of the molecule is CC(=O)NCCN(C(=O)CCS(=O)(=O)c1ccc2cc(Cl)ccc2c1)C1CCN(c2ccnc(C)c2)CC1. The normalized spacial score (nSPS) is 14.4. The number of sulfone groups is 1. The van der Waals surface area contributed by atoms with Crippen molar-refractivity contribution in [2.75, 3.05) is 36.8 Å². The minimum absolute atomic E-state index is 0.0245. The maximum absolute atomic E-state index is 13.4. The van der Waals surface area contributed by atoms with E-state index < -0.39 is 9.84 Å². The molecule has 38 heavy (non-hydrogen) atoms. The van der Waals surface area contributed by atoms with E-state index in [0.29, 0.717) is 18.1 Å². The fraction of sp³-hybridized carbons (Fsp3) is 0.393. The third-order valence-electron chi connectivity index (χ3n) is 6.92. The molecule has 1 aromatic heterocycles. The molecule has 4 rings (SSSR count). The molecule has 10 heteroatoms. The monoisotopic (exact) mass is 556 g/mol. The molecule has 1 saturated heterocycles. The summed E-state index contributed by atoms with van der Waals surface area (Å²) in [6, 6.07) is 14.2. The summed E-state index contributed by atoms with van der Waals surface area (Å²) in [7, 11) is -3.67. The number of anilines is 1. The molecule has 0 radical (unpaired) electrons. The van der Waals surface area contributed by atoms with E-state index in [0.717, 1.165) is 48.1 Å². The Bertz CT molecular complexity index is 1420. The van der Waals surface area contributed by atoms with Crippen molar-refractivity contribution in [3.8, 4) is 0 Å². The van der Waals surface area contributed by atoms with Crippen molar-refractivity contribution in [3.63, 3.8) is 0 Å². The lowest BCUT2D eigenvalue weighted by atomic mass is 10.0. The quantitative estimate of drug-likeness (QED) is 0.428. The van der Waals surface area contributed by atoms with E-state index in [2.05, 4.69) is 15.2 Å². The highest BCUT2D eigenvalue weighted by molar-refractivity contribution is 7.91. The van der Waals surface area contributed by atoms with Crippen molar-refractivity contribution in [1.29, 1.82) is 0 Å². The highest BCUT2D eigenvalue weighted by Crippen LogP contribution is 2.25. The first kappa shape index (κ1) is 27.9. The van der Waals surface area contributed by atoms with Crippen LogP contribution in [0, 0.1) is 6.92 Å². The minimum Gasteiger partial charge on any atom is -0.371 e. The average Bonchev–Trinajstić information content (AvgIpc) is 2.89. The number of pyridine rings is 1. The maximum atomic E-state index is 13.4. The van der Waals surface area contributed by atoms with E-state index >= 15 is 0 Å². The van der Waals surface area contributed by atoms with Crippen LogP contribution in [-0.4, -0.2) is 68.1 Å². The van der Waals surface area contributed by atoms with Crippen molar-refractivity contribution in [2.45, 2.75) is 44.0 Å². The predicted molar refractivity (Wildman–Crippen MR) is 150 cm³/mol. The highest BCUT2D eigenvalue weighted by atomic mass is 35.5. The lowest BCUT2D eigenvalue weighted by molar-refractivity contribution is -0.134. The number of carbonyl (C=O) groups is 2. The van der Waals surface area contributed by atoms with Crippen LogP contribution in [0.15, 0.2) is 59.6 Å². The van der Waals surface area contributed by atoms with Crippen LogP contribution < -0.4 is 10.2 Å². The first-order chi connectivity index (χ1) is 18.1. The topological polar surface area (TPSA) is 99.7 Å².